The highest BCUT2D eigenvalue weighted by Crippen LogP contribution is 2.21. The van der Waals surface area contributed by atoms with Gasteiger partial charge in [-0.1, -0.05) is 47.5 Å². The fourth-order valence-corrected chi connectivity index (χ4v) is 3.76. The van der Waals surface area contributed by atoms with Crippen molar-refractivity contribution in [3.8, 4) is 0 Å². The van der Waals surface area contributed by atoms with E-state index in [2.05, 4.69) is 26.7 Å². The van der Waals surface area contributed by atoms with E-state index < -0.39 is 11.7 Å². The molecular formula is C25H21Cl2FN4O. The Morgan fingerprint density at radius 2 is 1.91 bits per heavy atom. The molecule has 0 aliphatic heterocycles. The first kappa shape index (κ1) is 22.8. The zero-order chi connectivity index (χ0) is 23.4. The van der Waals surface area contributed by atoms with Gasteiger partial charge in [0.05, 0.1) is 5.02 Å². The molecule has 3 N–H and O–H groups in total. The normalized spacial score (nSPS) is 11.6. The maximum absolute atomic E-state index is 13.5. The van der Waals surface area contributed by atoms with Gasteiger partial charge in [-0.2, -0.15) is 0 Å². The Hall–Kier alpha value is -3.35. The summed E-state index contributed by atoms with van der Waals surface area (Å²) in [6, 6.07) is 17.3. The molecule has 8 heteroatoms. The van der Waals surface area contributed by atoms with Crippen LogP contribution in [0.3, 0.4) is 0 Å². The second-order valence-electron chi connectivity index (χ2n) is 7.51. The first-order chi connectivity index (χ1) is 15.9. The molecular weight excluding hydrogens is 462 g/mol. The molecule has 0 aliphatic carbocycles. The van der Waals surface area contributed by atoms with Crippen molar-refractivity contribution in [1.29, 1.82) is 0 Å². The third kappa shape index (κ3) is 5.53. The number of aromatic amines is 1. The monoisotopic (exact) mass is 482 g/mol. The van der Waals surface area contributed by atoms with Crippen molar-refractivity contribution in [2.75, 3.05) is 11.9 Å². The molecule has 5 nitrogen and oxygen atoms in total. The van der Waals surface area contributed by atoms with E-state index in [9.17, 15) is 9.18 Å². The first-order valence-electron chi connectivity index (χ1n) is 10.3. The lowest BCUT2D eigenvalue weighted by atomic mass is 10.1. The number of aryl methyl sites for hydroxylation is 1. The predicted octanol–water partition coefficient (Wildman–Crippen LogP) is 6.36. The standard InChI is InChI=1S/C25H21Cl2FN4O/c1-15-6-8-18(26)13-23(15)31-25(32-24(33)16-7-9-21(28)20(27)12-16)29-11-10-17-14-30-22-5-3-2-4-19(17)22/h2-9,12-14,30H,10-11H2,1H3,(H2,29,31,32,33). The van der Waals surface area contributed by atoms with Gasteiger partial charge in [-0.25, -0.2) is 4.39 Å². The molecule has 33 heavy (non-hydrogen) atoms. The van der Waals surface area contributed by atoms with Gasteiger partial charge in [-0.05, 0) is 60.9 Å². The highest BCUT2D eigenvalue weighted by molar-refractivity contribution is 6.31. The molecule has 0 radical (unpaired) electrons. The highest BCUT2D eigenvalue weighted by Gasteiger charge is 2.13. The predicted molar refractivity (Wildman–Crippen MR) is 133 cm³/mol. The molecule has 4 aromatic rings. The Balaban J connectivity index is 1.56. The zero-order valence-electron chi connectivity index (χ0n) is 17.8. The van der Waals surface area contributed by atoms with Crippen LogP contribution in [0.15, 0.2) is 71.9 Å². The summed E-state index contributed by atoms with van der Waals surface area (Å²) in [7, 11) is 0. The molecule has 0 aliphatic rings. The summed E-state index contributed by atoms with van der Waals surface area (Å²) in [6.45, 7) is 2.35. The van der Waals surface area contributed by atoms with Crippen molar-refractivity contribution in [1.82, 2.24) is 10.3 Å². The summed E-state index contributed by atoms with van der Waals surface area (Å²) in [5.74, 6) is -0.797. The van der Waals surface area contributed by atoms with Crippen LogP contribution in [0.5, 0.6) is 0 Å². The summed E-state index contributed by atoms with van der Waals surface area (Å²) in [6.07, 6.45) is 2.63. The summed E-state index contributed by atoms with van der Waals surface area (Å²) in [4.78, 5) is 20.6. The number of rotatable bonds is 5. The molecule has 4 rings (SSSR count). The molecule has 3 aromatic carbocycles. The minimum absolute atomic E-state index is 0.126. The largest absolute Gasteiger partial charge is 0.361 e. The van der Waals surface area contributed by atoms with Crippen molar-refractivity contribution in [2.24, 2.45) is 4.99 Å². The van der Waals surface area contributed by atoms with Gasteiger partial charge in [0.15, 0.2) is 0 Å². The maximum atomic E-state index is 13.5. The lowest BCUT2D eigenvalue weighted by Crippen LogP contribution is -2.36. The lowest BCUT2D eigenvalue weighted by molar-refractivity contribution is 0.0977. The first-order valence-corrected chi connectivity index (χ1v) is 11.1. The van der Waals surface area contributed by atoms with E-state index in [4.69, 9.17) is 23.2 Å². The molecule has 0 atom stereocenters. The van der Waals surface area contributed by atoms with Crippen molar-refractivity contribution in [3.05, 3.63) is 99.4 Å². The molecule has 0 unspecified atom stereocenters. The van der Waals surface area contributed by atoms with E-state index in [1.54, 1.807) is 12.1 Å². The number of aromatic nitrogens is 1. The van der Waals surface area contributed by atoms with Crippen molar-refractivity contribution < 1.29 is 9.18 Å². The SMILES string of the molecule is Cc1ccc(Cl)cc1NC(=NCCc1c[nH]c2ccccc12)NC(=O)c1ccc(F)c(Cl)c1. The summed E-state index contributed by atoms with van der Waals surface area (Å²) in [5.41, 5.74) is 4.05. The minimum atomic E-state index is -0.589. The second kappa shape index (κ2) is 10.1. The Morgan fingerprint density at radius 3 is 2.73 bits per heavy atom. The zero-order valence-corrected chi connectivity index (χ0v) is 19.3. The van der Waals surface area contributed by atoms with Crippen molar-refractivity contribution >= 4 is 51.7 Å². The van der Waals surface area contributed by atoms with E-state index in [0.29, 0.717) is 23.7 Å². The molecule has 0 bridgehead atoms. The maximum Gasteiger partial charge on any atom is 0.258 e. The molecule has 1 heterocycles. The van der Waals surface area contributed by atoms with Crippen LogP contribution in [0, 0.1) is 12.7 Å². The average Bonchev–Trinajstić information content (AvgIpc) is 3.21. The number of carbonyl (C=O) groups is 1. The van der Waals surface area contributed by atoms with Gasteiger partial charge in [0.1, 0.15) is 5.82 Å². The second-order valence-corrected chi connectivity index (χ2v) is 8.35. The molecule has 1 aromatic heterocycles. The Labute approximate surface area is 200 Å². The lowest BCUT2D eigenvalue weighted by Gasteiger charge is -2.14. The van der Waals surface area contributed by atoms with Gasteiger partial charge < -0.3 is 10.3 Å². The number of nitrogens with one attached hydrogen (secondary N) is 3. The number of para-hydroxylation sites is 1. The molecule has 0 fully saturated rings. The van der Waals surface area contributed by atoms with Gasteiger partial charge in [0, 0.05) is 39.9 Å². The van der Waals surface area contributed by atoms with Gasteiger partial charge in [0.2, 0.25) is 5.96 Å². The molecule has 0 saturated heterocycles. The summed E-state index contributed by atoms with van der Waals surface area (Å²) < 4.78 is 13.5. The van der Waals surface area contributed by atoms with Crippen LogP contribution in [-0.2, 0) is 6.42 Å². The Morgan fingerprint density at radius 1 is 1.09 bits per heavy atom. The van der Waals surface area contributed by atoms with Crippen LogP contribution in [0.1, 0.15) is 21.5 Å². The number of H-pyrrole nitrogens is 1. The average molecular weight is 483 g/mol. The van der Waals surface area contributed by atoms with Crippen molar-refractivity contribution in [3.63, 3.8) is 0 Å². The number of aliphatic imine (C=N–C) groups is 1. The van der Waals surface area contributed by atoms with Gasteiger partial charge in [-0.15, -0.1) is 0 Å². The van der Waals surface area contributed by atoms with E-state index in [1.807, 2.05) is 37.4 Å². The molecule has 0 spiro atoms. The smallest absolute Gasteiger partial charge is 0.258 e. The molecule has 0 saturated carbocycles. The van der Waals surface area contributed by atoms with Gasteiger partial charge in [-0.3, -0.25) is 15.1 Å². The fourth-order valence-electron chi connectivity index (χ4n) is 3.41. The van der Waals surface area contributed by atoms with E-state index in [0.717, 1.165) is 28.1 Å². The van der Waals surface area contributed by atoms with Crippen LogP contribution in [0.25, 0.3) is 10.9 Å². The Kier molecular flexibility index (Phi) is 6.96. The number of anilines is 1. The van der Waals surface area contributed by atoms with E-state index >= 15 is 0 Å². The quantitative estimate of drug-likeness (QED) is 0.228. The fraction of sp³-hybridized carbons (Fsp3) is 0.120. The number of carbonyl (C=O) groups excluding carboxylic acids is 1. The third-order valence-electron chi connectivity index (χ3n) is 5.19. The number of benzene rings is 3. The van der Waals surface area contributed by atoms with Crippen LogP contribution in [-0.4, -0.2) is 23.4 Å². The van der Waals surface area contributed by atoms with Crippen LogP contribution >= 0.6 is 23.2 Å². The van der Waals surface area contributed by atoms with Crippen LogP contribution in [0.2, 0.25) is 10.0 Å². The van der Waals surface area contributed by atoms with Gasteiger partial charge >= 0.3 is 0 Å². The van der Waals surface area contributed by atoms with Crippen LogP contribution in [0.4, 0.5) is 10.1 Å². The van der Waals surface area contributed by atoms with Crippen molar-refractivity contribution in [2.45, 2.75) is 13.3 Å². The van der Waals surface area contributed by atoms with Gasteiger partial charge in [0.25, 0.3) is 5.91 Å². The number of halogens is 3. The van der Waals surface area contributed by atoms with E-state index in [1.165, 1.54) is 12.1 Å². The number of nitrogens with zero attached hydrogens (tertiary/aromatic N) is 1. The number of hydrogen-bond donors (Lipinski definition) is 3. The third-order valence-corrected chi connectivity index (χ3v) is 5.72. The topological polar surface area (TPSA) is 69.3 Å². The summed E-state index contributed by atoms with van der Waals surface area (Å²) in [5, 5.41) is 7.48. The van der Waals surface area contributed by atoms with E-state index in [-0.39, 0.29) is 16.5 Å². The van der Waals surface area contributed by atoms with Crippen LogP contribution < -0.4 is 10.6 Å². The number of fused-ring (bicyclic) bond motifs is 1. The number of amides is 1. The molecule has 1 amide bonds. The minimum Gasteiger partial charge on any atom is -0.361 e. The highest BCUT2D eigenvalue weighted by atomic mass is 35.5. The number of guanidine groups is 1. The Bertz CT molecular complexity index is 1350. The molecule has 168 valence electrons. The number of hydrogen-bond acceptors (Lipinski definition) is 2. The summed E-state index contributed by atoms with van der Waals surface area (Å²) >= 11 is 12.0.